The first-order valence-corrected chi connectivity index (χ1v) is 5.64. The number of aliphatic imine (C=N–C) groups is 1. The third-order valence-electron chi connectivity index (χ3n) is 2.96. The molecule has 0 aliphatic heterocycles. The average molecular weight is 211 g/mol. The Morgan fingerprint density at radius 1 is 1.50 bits per heavy atom. The van der Waals surface area contributed by atoms with E-state index < -0.39 is 0 Å². The van der Waals surface area contributed by atoms with Crippen molar-refractivity contribution in [1.82, 2.24) is 0 Å². The molecule has 0 aromatic rings. The van der Waals surface area contributed by atoms with Gasteiger partial charge in [-0.1, -0.05) is 26.7 Å². The number of amides is 1. The highest BCUT2D eigenvalue weighted by Gasteiger charge is 2.41. The minimum Gasteiger partial charge on any atom is -0.271 e. The fraction of sp³-hybridized carbons (Fsp3) is 0.818. The Morgan fingerprint density at radius 3 is 2.50 bits per heavy atom. The van der Waals surface area contributed by atoms with E-state index in [4.69, 9.17) is 0 Å². The second-order valence-corrected chi connectivity index (χ2v) is 4.78. The summed E-state index contributed by atoms with van der Waals surface area (Å²) in [5.74, 6) is 0.496. The lowest BCUT2D eigenvalue weighted by Gasteiger charge is -2.26. The SMILES string of the molecule is CC(C)CC1(C(=O)N=C=S)CCCC1. The van der Waals surface area contributed by atoms with E-state index in [9.17, 15) is 4.79 Å². The van der Waals surface area contributed by atoms with E-state index in [0.29, 0.717) is 5.92 Å². The van der Waals surface area contributed by atoms with Gasteiger partial charge in [0.25, 0.3) is 5.91 Å². The summed E-state index contributed by atoms with van der Waals surface area (Å²) in [4.78, 5) is 15.5. The number of thiocarbonyl (C=S) groups is 1. The van der Waals surface area contributed by atoms with E-state index in [-0.39, 0.29) is 11.3 Å². The fourth-order valence-corrected chi connectivity index (χ4v) is 2.58. The number of hydrogen-bond acceptors (Lipinski definition) is 2. The van der Waals surface area contributed by atoms with Gasteiger partial charge >= 0.3 is 0 Å². The zero-order chi connectivity index (χ0) is 10.6. The van der Waals surface area contributed by atoms with Gasteiger partial charge in [-0.25, -0.2) is 0 Å². The molecule has 1 aliphatic rings. The Morgan fingerprint density at radius 2 is 2.07 bits per heavy atom. The predicted molar refractivity (Wildman–Crippen MR) is 60.4 cm³/mol. The topological polar surface area (TPSA) is 29.4 Å². The van der Waals surface area contributed by atoms with Gasteiger partial charge in [0.2, 0.25) is 0 Å². The van der Waals surface area contributed by atoms with Crippen LogP contribution in [0.15, 0.2) is 4.99 Å². The highest BCUT2D eigenvalue weighted by Crippen LogP contribution is 2.44. The van der Waals surface area contributed by atoms with Crippen LogP contribution in [0.2, 0.25) is 0 Å². The van der Waals surface area contributed by atoms with Crippen LogP contribution in [0.5, 0.6) is 0 Å². The summed E-state index contributed by atoms with van der Waals surface area (Å²) in [7, 11) is 0. The molecular weight excluding hydrogens is 194 g/mol. The molecule has 0 aromatic carbocycles. The third-order valence-corrected chi connectivity index (χ3v) is 3.05. The molecule has 0 radical (unpaired) electrons. The monoisotopic (exact) mass is 211 g/mol. The van der Waals surface area contributed by atoms with Crippen molar-refractivity contribution in [2.75, 3.05) is 0 Å². The lowest BCUT2D eigenvalue weighted by molar-refractivity contribution is -0.128. The maximum absolute atomic E-state index is 11.8. The molecule has 2 nitrogen and oxygen atoms in total. The van der Waals surface area contributed by atoms with Gasteiger partial charge in [0.15, 0.2) is 0 Å². The Kier molecular flexibility index (Phi) is 3.97. The van der Waals surface area contributed by atoms with E-state index in [0.717, 1.165) is 32.1 Å². The Bertz CT molecular complexity index is 260. The van der Waals surface area contributed by atoms with Crippen molar-refractivity contribution in [2.45, 2.75) is 46.0 Å². The van der Waals surface area contributed by atoms with Gasteiger partial charge in [-0.15, -0.1) is 0 Å². The minimum absolute atomic E-state index is 0.0429. The zero-order valence-corrected chi connectivity index (χ0v) is 9.69. The van der Waals surface area contributed by atoms with Crippen molar-refractivity contribution < 1.29 is 4.79 Å². The Balaban J connectivity index is 2.80. The average Bonchev–Trinajstić information content (AvgIpc) is 2.53. The van der Waals surface area contributed by atoms with Gasteiger partial charge in [0.05, 0.1) is 10.6 Å². The predicted octanol–water partition coefficient (Wildman–Crippen LogP) is 3.22. The van der Waals surface area contributed by atoms with E-state index in [1.54, 1.807) is 0 Å². The van der Waals surface area contributed by atoms with Gasteiger partial charge < -0.3 is 0 Å². The summed E-state index contributed by atoms with van der Waals surface area (Å²) in [6.07, 6.45) is 5.18. The smallest absolute Gasteiger partial charge is 0.260 e. The molecule has 14 heavy (non-hydrogen) atoms. The van der Waals surface area contributed by atoms with E-state index in [1.807, 2.05) is 0 Å². The molecule has 1 saturated carbocycles. The van der Waals surface area contributed by atoms with Crippen LogP contribution in [0.1, 0.15) is 46.0 Å². The maximum atomic E-state index is 11.8. The number of carbonyl (C=O) groups is 1. The summed E-state index contributed by atoms with van der Waals surface area (Å²) in [5, 5.41) is 2.20. The molecule has 0 spiro atoms. The number of rotatable bonds is 3. The maximum Gasteiger partial charge on any atom is 0.260 e. The summed E-state index contributed by atoms with van der Waals surface area (Å²) in [5.41, 5.74) is -0.208. The van der Waals surface area contributed by atoms with E-state index >= 15 is 0 Å². The first-order valence-electron chi connectivity index (χ1n) is 5.23. The van der Waals surface area contributed by atoms with Crippen molar-refractivity contribution in [3.8, 4) is 0 Å². The number of nitrogens with zero attached hydrogens (tertiary/aromatic N) is 1. The van der Waals surface area contributed by atoms with Gasteiger partial charge in [-0.05, 0) is 37.4 Å². The number of carbonyl (C=O) groups excluding carboxylic acids is 1. The molecule has 0 bridgehead atoms. The Labute approximate surface area is 90.8 Å². The van der Waals surface area contributed by atoms with Crippen molar-refractivity contribution in [2.24, 2.45) is 16.3 Å². The molecule has 0 heterocycles. The lowest BCUT2D eigenvalue weighted by atomic mass is 9.78. The summed E-state index contributed by atoms with van der Waals surface area (Å²) in [6, 6.07) is 0. The van der Waals surface area contributed by atoms with Crippen LogP contribution in [0.4, 0.5) is 0 Å². The summed E-state index contributed by atoms with van der Waals surface area (Å²) < 4.78 is 0. The summed E-state index contributed by atoms with van der Waals surface area (Å²) in [6.45, 7) is 4.29. The normalized spacial score (nSPS) is 19.4. The van der Waals surface area contributed by atoms with Crippen LogP contribution in [0, 0.1) is 11.3 Å². The van der Waals surface area contributed by atoms with Crippen molar-refractivity contribution in [3.63, 3.8) is 0 Å². The molecule has 1 amide bonds. The second-order valence-electron chi connectivity index (χ2n) is 4.59. The molecule has 3 heteroatoms. The van der Waals surface area contributed by atoms with Crippen LogP contribution in [0.25, 0.3) is 0 Å². The van der Waals surface area contributed by atoms with Crippen LogP contribution in [-0.2, 0) is 4.79 Å². The van der Waals surface area contributed by atoms with Crippen LogP contribution in [0.3, 0.4) is 0 Å². The van der Waals surface area contributed by atoms with E-state index in [2.05, 4.69) is 36.2 Å². The molecule has 1 aliphatic carbocycles. The quantitative estimate of drug-likeness (QED) is 0.530. The molecule has 0 saturated heterocycles. The van der Waals surface area contributed by atoms with Crippen molar-refractivity contribution in [3.05, 3.63) is 0 Å². The molecule has 0 atom stereocenters. The molecule has 1 fully saturated rings. The molecule has 78 valence electrons. The first kappa shape index (κ1) is 11.5. The van der Waals surface area contributed by atoms with Gasteiger partial charge in [-0.3, -0.25) is 4.79 Å². The molecule has 0 aromatic heterocycles. The number of isothiocyanates is 1. The molecule has 0 N–H and O–H groups in total. The first-order chi connectivity index (χ1) is 6.60. The number of hydrogen-bond donors (Lipinski definition) is 0. The second kappa shape index (κ2) is 4.81. The largest absolute Gasteiger partial charge is 0.271 e. The van der Waals surface area contributed by atoms with Crippen molar-refractivity contribution >= 4 is 23.3 Å². The van der Waals surface area contributed by atoms with Gasteiger partial charge in [0.1, 0.15) is 0 Å². The minimum atomic E-state index is -0.208. The van der Waals surface area contributed by atoms with Crippen molar-refractivity contribution in [1.29, 1.82) is 0 Å². The Hall–Kier alpha value is -0.530. The standard InChI is InChI=1S/C11H17NOS/c1-9(2)7-11(5-3-4-6-11)10(13)12-8-14/h9H,3-7H2,1-2H3. The highest BCUT2D eigenvalue weighted by atomic mass is 32.1. The molecular formula is C11H17NOS. The summed E-state index contributed by atoms with van der Waals surface area (Å²) >= 11 is 4.49. The fourth-order valence-electron chi connectivity index (χ4n) is 2.50. The lowest BCUT2D eigenvalue weighted by Crippen LogP contribution is -2.28. The molecule has 1 rings (SSSR count). The van der Waals surface area contributed by atoms with Crippen LogP contribution >= 0.6 is 12.2 Å². The van der Waals surface area contributed by atoms with Gasteiger partial charge in [0, 0.05) is 0 Å². The zero-order valence-electron chi connectivity index (χ0n) is 8.88. The molecule has 0 unspecified atom stereocenters. The third kappa shape index (κ3) is 2.49. The van der Waals surface area contributed by atoms with Crippen LogP contribution < -0.4 is 0 Å². The highest BCUT2D eigenvalue weighted by molar-refractivity contribution is 7.78. The van der Waals surface area contributed by atoms with Crippen LogP contribution in [-0.4, -0.2) is 11.1 Å². The van der Waals surface area contributed by atoms with E-state index in [1.165, 1.54) is 0 Å². The van der Waals surface area contributed by atoms with Gasteiger partial charge in [-0.2, -0.15) is 4.99 Å².